The molecule has 7 nitrogen and oxygen atoms in total. The summed E-state index contributed by atoms with van der Waals surface area (Å²) in [4.78, 5) is 4.50. The molecule has 3 rings (SSSR count). The maximum Gasteiger partial charge on any atom is 0.257 e. The van der Waals surface area contributed by atoms with Crippen molar-refractivity contribution >= 4 is 10.0 Å². The highest BCUT2D eigenvalue weighted by molar-refractivity contribution is 7.89. The van der Waals surface area contributed by atoms with E-state index in [9.17, 15) is 8.42 Å². The maximum atomic E-state index is 12.0. The van der Waals surface area contributed by atoms with Crippen LogP contribution in [0.2, 0.25) is 0 Å². The van der Waals surface area contributed by atoms with Crippen molar-refractivity contribution in [3.63, 3.8) is 0 Å². The van der Waals surface area contributed by atoms with Crippen molar-refractivity contribution in [3.05, 3.63) is 42.7 Å². The molecule has 2 aromatic rings. The number of rotatable bonds is 6. The van der Waals surface area contributed by atoms with Gasteiger partial charge >= 0.3 is 0 Å². The fourth-order valence-electron chi connectivity index (χ4n) is 2.35. The van der Waals surface area contributed by atoms with E-state index in [1.165, 1.54) is 18.2 Å². The molecule has 0 spiro atoms. The highest BCUT2D eigenvalue weighted by Crippen LogP contribution is 2.37. The second-order valence-corrected chi connectivity index (χ2v) is 7.36. The van der Waals surface area contributed by atoms with E-state index in [-0.39, 0.29) is 11.4 Å². The van der Waals surface area contributed by atoms with E-state index in [0.717, 1.165) is 19.3 Å². The SMILES string of the molecule is C=CCNS(=O)(=O)c1ccc(-c2nc(C3(N)CCC3)no2)cc1. The van der Waals surface area contributed by atoms with Crippen LogP contribution in [0, 0.1) is 0 Å². The van der Waals surface area contributed by atoms with E-state index in [4.69, 9.17) is 10.3 Å². The molecule has 23 heavy (non-hydrogen) atoms. The first-order valence-electron chi connectivity index (χ1n) is 7.29. The van der Waals surface area contributed by atoms with Gasteiger partial charge in [-0.05, 0) is 43.5 Å². The zero-order valence-electron chi connectivity index (χ0n) is 12.5. The molecule has 3 N–H and O–H groups in total. The molecule has 1 aliphatic carbocycles. The molecule has 0 unspecified atom stereocenters. The van der Waals surface area contributed by atoms with Gasteiger partial charge in [-0.1, -0.05) is 11.2 Å². The minimum absolute atomic E-state index is 0.164. The molecule has 1 aliphatic rings. The number of nitrogens with one attached hydrogen (secondary N) is 1. The second-order valence-electron chi connectivity index (χ2n) is 5.60. The lowest BCUT2D eigenvalue weighted by atomic mass is 9.77. The number of aromatic nitrogens is 2. The van der Waals surface area contributed by atoms with Crippen LogP contribution in [0.1, 0.15) is 25.1 Å². The van der Waals surface area contributed by atoms with Gasteiger partial charge < -0.3 is 10.3 Å². The molecular formula is C15H18N4O3S. The molecule has 8 heteroatoms. The molecular weight excluding hydrogens is 316 g/mol. The number of hydrogen-bond donors (Lipinski definition) is 2. The topological polar surface area (TPSA) is 111 Å². The average molecular weight is 334 g/mol. The molecule has 0 saturated heterocycles. The number of hydrogen-bond acceptors (Lipinski definition) is 6. The summed E-state index contributed by atoms with van der Waals surface area (Å²) in [5.41, 5.74) is 6.32. The van der Waals surface area contributed by atoms with Crippen LogP contribution in [-0.2, 0) is 15.6 Å². The van der Waals surface area contributed by atoms with Crippen molar-refractivity contribution in [2.75, 3.05) is 6.54 Å². The standard InChI is InChI=1S/C15H18N4O3S/c1-2-10-17-23(20,21)12-6-4-11(5-7-12)13-18-14(19-22-13)15(16)8-3-9-15/h2,4-7,17H,1,3,8-10,16H2. The van der Waals surface area contributed by atoms with Crippen LogP contribution < -0.4 is 10.5 Å². The van der Waals surface area contributed by atoms with Crippen LogP contribution in [-0.4, -0.2) is 25.1 Å². The van der Waals surface area contributed by atoms with Gasteiger partial charge in [0, 0.05) is 12.1 Å². The predicted octanol–water partition coefficient (Wildman–Crippen LogP) is 1.54. The number of benzene rings is 1. The molecule has 1 saturated carbocycles. The van der Waals surface area contributed by atoms with Gasteiger partial charge in [0.2, 0.25) is 10.0 Å². The lowest BCUT2D eigenvalue weighted by Gasteiger charge is -2.34. The van der Waals surface area contributed by atoms with Crippen LogP contribution in [0.15, 0.2) is 46.3 Å². The Morgan fingerprint density at radius 1 is 1.35 bits per heavy atom. The summed E-state index contributed by atoms with van der Waals surface area (Å²) in [5.74, 6) is 0.836. The zero-order chi connectivity index (χ0) is 16.5. The Bertz CT molecular complexity index is 808. The molecule has 1 aromatic heterocycles. The van der Waals surface area contributed by atoms with Crippen LogP contribution >= 0.6 is 0 Å². The van der Waals surface area contributed by atoms with Gasteiger partial charge in [-0.3, -0.25) is 0 Å². The molecule has 0 bridgehead atoms. The van der Waals surface area contributed by atoms with E-state index in [0.29, 0.717) is 17.3 Å². The summed E-state index contributed by atoms with van der Waals surface area (Å²) in [6.07, 6.45) is 4.23. The third-order valence-corrected chi connectivity index (χ3v) is 5.39. The van der Waals surface area contributed by atoms with Crippen LogP contribution in [0.25, 0.3) is 11.5 Å². The van der Waals surface area contributed by atoms with Crippen LogP contribution in [0.5, 0.6) is 0 Å². The van der Waals surface area contributed by atoms with Crippen molar-refractivity contribution in [3.8, 4) is 11.5 Å². The smallest absolute Gasteiger partial charge is 0.257 e. The molecule has 0 aliphatic heterocycles. The van der Waals surface area contributed by atoms with Crippen molar-refractivity contribution in [1.29, 1.82) is 0 Å². The van der Waals surface area contributed by atoms with E-state index >= 15 is 0 Å². The second kappa shape index (κ2) is 5.88. The van der Waals surface area contributed by atoms with Crippen LogP contribution in [0.4, 0.5) is 0 Å². The first kappa shape index (κ1) is 15.9. The summed E-state index contributed by atoms with van der Waals surface area (Å²) >= 11 is 0. The minimum atomic E-state index is -3.54. The van der Waals surface area contributed by atoms with Crippen molar-refractivity contribution in [2.45, 2.75) is 29.7 Å². The van der Waals surface area contributed by atoms with Crippen molar-refractivity contribution < 1.29 is 12.9 Å². The van der Waals surface area contributed by atoms with Gasteiger partial charge in [-0.15, -0.1) is 6.58 Å². The Morgan fingerprint density at radius 2 is 2.04 bits per heavy atom. The van der Waals surface area contributed by atoms with Crippen molar-refractivity contribution in [1.82, 2.24) is 14.9 Å². The molecule has 0 atom stereocenters. The average Bonchev–Trinajstić information content (AvgIpc) is 3.01. The van der Waals surface area contributed by atoms with Gasteiger partial charge in [0.25, 0.3) is 5.89 Å². The summed E-state index contributed by atoms with van der Waals surface area (Å²) < 4.78 is 31.6. The van der Waals surface area contributed by atoms with E-state index in [1.807, 2.05) is 0 Å². The Labute approximate surface area is 134 Å². The Balaban J connectivity index is 1.81. The van der Waals surface area contributed by atoms with E-state index < -0.39 is 15.6 Å². The minimum Gasteiger partial charge on any atom is -0.334 e. The Morgan fingerprint density at radius 3 is 2.61 bits per heavy atom. The Hall–Kier alpha value is -2.03. The van der Waals surface area contributed by atoms with E-state index in [1.54, 1.807) is 12.1 Å². The number of nitrogens with two attached hydrogens (primary N) is 1. The molecule has 1 fully saturated rings. The van der Waals surface area contributed by atoms with Gasteiger partial charge in [0.1, 0.15) is 0 Å². The molecule has 122 valence electrons. The van der Waals surface area contributed by atoms with Crippen LogP contribution in [0.3, 0.4) is 0 Å². The summed E-state index contributed by atoms with van der Waals surface area (Å²) in [6, 6.07) is 6.24. The summed E-state index contributed by atoms with van der Waals surface area (Å²) in [5, 5.41) is 3.95. The molecule has 1 aromatic carbocycles. The number of sulfonamides is 1. The first-order valence-corrected chi connectivity index (χ1v) is 8.77. The fourth-order valence-corrected chi connectivity index (χ4v) is 3.35. The predicted molar refractivity (Wildman–Crippen MR) is 84.8 cm³/mol. The molecule has 0 radical (unpaired) electrons. The van der Waals surface area contributed by atoms with Gasteiger partial charge in [-0.2, -0.15) is 4.98 Å². The fraction of sp³-hybridized carbons (Fsp3) is 0.333. The summed E-state index contributed by atoms with van der Waals surface area (Å²) in [7, 11) is -3.54. The Kier molecular flexibility index (Phi) is 4.05. The normalized spacial score (nSPS) is 16.7. The lowest BCUT2D eigenvalue weighted by Crippen LogP contribution is -2.44. The number of nitrogens with zero attached hydrogens (tertiary/aromatic N) is 2. The first-order chi connectivity index (χ1) is 10.9. The van der Waals surface area contributed by atoms with Gasteiger partial charge in [0.05, 0.1) is 10.4 Å². The van der Waals surface area contributed by atoms with E-state index in [2.05, 4.69) is 21.4 Å². The highest BCUT2D eigenvalue weighted by atomic mass is 32.2. The molecule has 1 heterocycles. The quantitative estimate of drug-likeness (QED) is 0.775. The van der Waals surface area contributed by atoms with Gasteiger partial charge in [0.15, 0.2) is 5.82 Å². The van der Waals surface area contributed by atoms with Crippen molar-refractivity contribution in [2.24, 2.45) is 5.73 Å². The molecule has 0 amide bonds. The highest BCUT2D eigenvalue weighted by Gasteiger charge is 2.39. The lowest BCUT2D eigenvalue weighted by molar-refractivity contribution is 0.229. The third-order valence-electron chi connectivity index (χ3n) is 3.95. The summed E-state index contributed by atoms with van der Waals surface area (Å²) in [6.45, 7) is 3.66. The van der Waals surface area contributed by atoms with Gasteiger partial charge in [-0.25, -0.2) is 13.1 Å². The monoisotopic (exact) mass is 334 g/mol. The maximum absolute atomic E-state index is 12.0. The largest absolute Gasteiger partial charge is 0.334 e. The third kappa shape index (κ3) is 3.05. The zero-order valence-corrected chi connectivity index (χ0v) is 13.3.